The monoisotopic (exact) mass is 251 g/mol. The topological polar surface area (TPSA) is 32.6 Å². The SMILES string of the molecule is C=C(O)C1CC=Nc2ccc(Br)cc21. The maximum atomic E-state index is 9.44. The first-order chi connectivity index (χ1) is 6.68. The van der Waals surface area contributed by atoms with Gasteiger partial charge in [-0.3, -0.25) is 4.99 Å². The van der Waals surface area contributed by atoms with Crippen molar-refractivity contribution in [3.05, 3.63) is 40.6 Å². The Bertz CT molecular complexity index is 412. The minimum absolute atomic E-state index is 0.0139. The fourth-order valence-corrected chi connectivity index (χ4v) is 2.00. The van der Waals surface area contributed by atoms with Crippen LogP contribution in [0.1, 0.15) is 17.9 Å². The minimum atomic E-state index is -0.0139. The molecule has 1 heterocycles. The Morgan fingerprint density at radius 2 is 2.36 bits per heavy atom. The van der Waals surface area contributed by atoms with Gasteiger partial charge in [-0.25, -0.2) is 0 Å². The van der Waals surface area contributed by atoms with E-state index in [2.05, 4.69) is 27.5 Å². The number of nitrogens with zero attached hydrogens (tertiary/aromatic N) is 1. The highest BCUT2D eigenvalue weighted by atomic mass is 79.9. The van der Waals surface area contributed by atoms with Crippen molar-refractivity contribution in [3.63, 3.8) is 0 Å². The lowest BCUT2D eigenvalue weighted by Crippen LogP contribution is -2.06. The zero-order chi connectivity index (χ0) is 10.1. The van der Waals surface area contributed by atoms with Gasteiger partial charge >= 0.3 is 0 Å². The van der Waals surface area contributed by atoms with Crippen LogP contribution in [0.15, 0.2) is 40.0 Å². The summed E-state index contributed by atoms with van der Waals surface area (Å²) in [6.45, 7) is 3.59. The molecule has 0 aliphatic carbocycles. The fourth-order valence-electron chi connectivity index (χ4n) is 1.62. The highest BCUT2D eigenvalue weighted by Gasteiger charge is 2.20. The van der Waals surface area contributed by atoms with Crippen LogP contribution in [0.25, 0.3) is 0 Å². The van der Waals surface area contributed by atoms with E-state index < -0.39 is 0 Å². The first kappa shape index (κ1) is 9.46. The molecule has 0 spiro atoms. The van der Waals surface area contributed by atoms with Gasteiger partial charge < -0.3 is 5.11 Å². The van der Waals surface area contributed by atoms with E-state index in [-0.39, 0.29) is 11.7 Å². The van der Waals surface area contributed by atoms with Crippen LogP contribution in [0.5, 0.6) is 0 Å². The average molecular weight is 252 g/mol. The number of aliphatic hydroxyl groups is 1. The molecule has 3 heteroatoms. The molecule has 0 saturated carbocycles. The molecule has 1 aromatic rings. The smallest absolute Gasteiger partial charge is 0.0930 e. The molecule has 0 amide bonds. The molecule has 2 nitrogen and oxygen atoms in total. The molecule has 2 rings (SSSR count). The van der Waals surface area contributed by atoms with Crippen LogP contribution in [0.3, 0.4) is 0 Å². The normalized spacial score (nSPS) is 19.1. The maximum absolute atomic E-state index is 9.44. The van der Waals surface area contributed by atoms with E-state index in [4.69, 9.17) is 0 Å². The molecule has 0 radical (unpaired) electrons. The summed E-state index contributed by atoms with van der Waals surface area (Å²) in [6, 6.07) is 5.86. The van der Waals surface area contributed by atoms with Crippen LogP contribution in [0.4, 0.5) is 5.69 Å². The zero-order valence-electron chi connectivity index (χ0n) is 7.57. The first-order valence-electron chi connectivity index (χ1n) is 4.38. The molecule has 0 saturated heterocycles. The molecule has 1 unspecified atom stereocenters. The summed E-state index contributed by atoms with van der Waals surface area (Å²) in [4.78, 5) is 4.27. The number of hydrogen-bond acceptors (Lipinski definition) is 2. The quantitative estimate of drug-likeness (QED) is 0.759. The van der Waals surface area contributed by atoms with Gasteiger partial charge in [0.2, 0.25) is 0 Å². The number of rotatable bonds is 1. The summed E-state index contributed by atoms with van der Waals surface area (Å²) in [5, 5.41) is 9.44. The van der Waals surface area contributed by atoms with E-state index >= 15 is 0 Å². The third-order valence-corrected chi connectivity index (χ3v) is 2.83. The first-order valence-corrected chi connectivity index (χ1v) is 5.17. The van der Waals surface area contributed by atoms with E-state index in [1.165, 1.54) is 0 Å². The van der Waals surface area contributed by atoms with E-state index in [1.807, 2.05) is 24.4 Å². The largest absolute Gasteiger partial charge is 0.512 e. The Morgan fingerprint density at radius 1 is 1.57 bits per heavy atom. The van der Waals surface area contributed by atoms with E-state index in [9.17, 15) is 5.11 Å². The summed E-state index contributed by atoms with van der Waals surface area (Å²) in [7, 11) is 0. The number of hydrogen-bond donors (Lipinski definition) is 1. The standard InChI is InChI=1S/C11H10BrNO/c1-7(14)9-4-5-13-11-3-2-8(12)6-10(9)11/h2-3,5-6,9,14H,1,4H2. The van der Waals surface area contributed by atoms with Crippen LogP contribution in [-0.2, 0) is 0 Å². The van der Waals surface area contributed by atoms with Gasteiger partial charge in [0.1, 0.15) is 0 Å². The van der Waals surface area contributed by atoms with Gasteiger partial charge in [0.15, 0.2) is 0 Å². The minimum Gasteiger partial charge on any atom is -0.512 e. The van der Waals surface area contributed by atoms with Crippen molar-refractivity contribution >= 4 is 27.8 Å². The van der Waals surface area contributed by atoms with Gasteiger partial charge in [-0.15, -0.1) is 0 Å². The highest BCUT2D eigenvalue weighted by Crippen LogP contribution is 2.37. The lowest BCUT2D eigenvalue weighted by Gasteiger charge is -2.19. The van der Waals surface area contributed by atoms with Crippen molar-refractivity contribution in [1.82, 2.24) is 0 Å². The molecular formula is C11H10BrNO. The second kappa shape index (κ2) is 3.58. The van der Waals surface area contributed by atoms with Crippen molar-refractivity contribution in [2.45, 2.75) is 12.3 Å². The van der Waals surface area contributed by atoms with Crippen LogP contribution in [-0.4, -0.2) is 11.3 Å². The predicted molar refractivity (Wildman–Crippen MR) is 61.4 cm³/mol. The van der Waals surface area contributed by atoms with Crippen LogP contribution in [0.2, 0.25) is 0 Å². The Labute approximate surface area is 91.1 Å². The van der Waals surface area contributed by atoms with Gasteiger partial charge in [-0.05, 0) is 30.2 Å². The van der Waals surface area contributed by atoms with Crippen LogP contribution < -0.4 is 0 Å². The second-order valence-corrected chi connectivity index (χ2v) is 4.21. The van der Waals surface area contributed by atoms with E-state index in [0.717, 1.165) is 22.1 Å². The summed E-state index contributed by atoms with van der Waals surface area (Å²) in [5.74, 6) is 0.190. The van der Waals surface area contributed by atoms with Crippen molar-refractivity contribution in [3.8, 4) is 0 Å². The van der Waals surface area contributed by atoms with Crippen LogP contribution in [0, 0.1) is 0 Å². The Morgan fingerprint density at radius 3 is 3.07 bits per heavy atom. The molecule has 1 N–H and O–H groups in total. The Balaban J connectivity index is 2.53. The number of aliphatic hydroxyl groups excluding tert-OH is 1. The molecule has 1 atom stereocenters. The number of halogens is 1. The van der Waals surface area contributed by atoms with Crippen LogP contribution >= 0.6 is 15.9 Å². The molecule has 0 fully saturated rings. The van der Waals surface area contributed by atoms with Gasteiger partial charge in [0.25, 0.3) is 0 Å². The molecule has 1 aliphatic heterocycles. The predicted octanol–water partition coefficient (Wildman–Crippen LogP) is 3.71. The summed E-state index contributed by atoms with van der Waals surface area (Å²) in [6.07, 6.45) is 2.54. The number of benzene rings is 1. The summed E-state index contributed by atoms with van der Waals surface area (Å²) < 4.78 is 1.000. The molecule has 1 aliphatic rings. The van der Waals surface area contributed by atoms with Crippen molar-refractivity contribution in [2.75, 3.05) is 0 Å². The van der Waals surface area contributed by atoms with Gasteiger partial charge in [0, 0.05) is 16.6 Å². The third kappa shape index (κ3) is 1.60. The summed E-state index contributed by atoms with van der Waals surface area (Å²) in [5.41, 5.74) is 1.95. The average Bonchev–Trinajstić information content (AvgIpc) is 2.16. The lowest BCUT2D eigenvalue weighted by atomic mass is 9.91. The third-order valence-electron chi connectivity index (χ3n) is 2.34. The Kier molecular flexibility index (Phi) is 2.42. The van der Waals surface area contributed by atoms with Crippen molar-refractivity contribution < 1.29 is 5.11 Å². The van der Waals surface area contributed by atoms with E-state index in [1.54, 1.807) is 0 Å². The zero-order valence-corrected chi connectivity index (χ0v) is 9.16. The van der Waals surface area contributed by atoms with Crippen molar-refractivity contribution in [1.29, 1.82) is 0 Å². The van der Waals surface area contributed by atoms with E-state index in [0.29, 0.717) is 0 Å². The number of fused-ring (bicyclic) bond motifs is 1. The molecular weight excluding hydrogens is 242 g/mol. The molecule has 14 heavy (non-hydrogen) atoms. The molecule has 0 bridgehead atoms. The fraction of sp³-hybridized carbons (Fsp3) is 0.182. The summed E-state index contributed by atoms with van der Waals surface area (Å²) >= 11 is 3.40. The van der Waals surface area contributed by atoms with Gasteiger partial charge in [0.05, 0.1) is 11.4 Å². The number of aliphatic imine (C=N–C) groups is 1. The highest BCUT2D eigenvalue weighted by molar-refractivity contribution is 9.10. The molecule has 1 aromatic carbocycles. The molecule has 0 aromatic heterocycles. The second-order valence-electron chi connectivity index (χ2n) is 3.29. The lowest BCUT2D eigenvalue weighted by molar-refractivity contribution is 0.372. The maximum Gasteiger partial charge on any atom is 0.0930 e. The number of allylic oxidation sites excluding steroid dienone is 1. The molecule has 72 valence electrons. The van der Waals surface area contributed by atoms with Gasteiger partial charge in [-0.1, -0.05) is 22.5 Å². The van der Waals surface area contributed by atoms with Gasteiger partial charge in [-0.2, -0.15) is 0 Å². The Hall–Kier alpha value is -1.09. The van der Waals surface area contributed by atoms with Crippen molar-refractivity contribution in [2.24, 2.45) is 4.99 Å².